The van der Waals surface area contributed by atoms with Gasteiger partial charge in [0, 0.05) is 18.5 Å². The molecule has 0 amide bonds. The highest BCUT2D eigenvalue weighted by molar-refractivity contribution is 5.45. The molecule has 0 bridgehead atoms. The van der Waals surface area contributed by atoms with E-state index in [0.717, 1.165) is 0 Å². The van der Waals surface area contributed by atoms with E-state index in [9.17, 15) is 0 Å². The number of aromatic nitrogens is 2. The number of nitrogens with zero attached hydrogens (tertiary/aromatic N) is 3. The molecule has 0 saturated carbocycles. The molecule has 0 aliphatic heterocycles. The molecule has 1 heterocycles. The summed E-state index contributed by atoms with van der Waals surface area (Å²) in [7, 11) is 0. The van der Waals surface area contributed by atoms with Crippen molar-refractivity contribution in [2.45, 2.75) is 0 Å². The van der Waals surface area contributed by atoms with Crippen molar-refractivity contribution in [3.8, 4) is 6.07 Å². The minimum Gasteiger partial charge on any atom is -0.261 e. The first-order valence-corrected chi connectivity index (χ1v) is 2.75. The van der Waals surface area contributed by atoms with E-state index in [-0.39, 0.29) is 0 Å². The Labute approximate surface area is 58.7 Å². The number of allylic oxidation sites excluding steroid dienone is 1. The Balaban J connectivity index is 2.79. The third kappa shape index (κ3) is 1.67. The second kappa shape index (κ2) is 3.36. The fraction of sp³-hybridized carbons (Fsp3) is 0. The highest BCUT2D eigenvalue weighted by Crippen LogP contribution is 1.91. The summed E-state index contributed by atoms with van der Waals surface area (Å²) >= 11 is 0. The van der Waals surface area contributed by atoms with Crippen molar-refractivity contribution in [3.63, 3.8) is 0 Å². The van der Waals surface area contributed by atoms with Crippen molar-refractivity contribution in [2.24, 2.45) is 0 Å². The first-order chi connectivity index (χ1) is 4.93. The minimum absolute atomic E-state index is 0.698. The fourth-order valence-corrected chi connectivity index (χ4v) is 0.519. The van der Waals surface area contributed by atoms with Crippen LogP contribution < -0.4 is 0 Å². The SMILES string of the molecule is N#CC=Cc1cnccn1. The molecule has 10 heavy (non-hydrogen) atoms. The van der Waals surface area contributed by atoms with Gasteiger partial charge in [-0.05, 0) is 6.08 Å². The molecule has 0 aromatic carbocycles. The predicted octanol–water partition coefficient (Wildman–Crippen LogP) is 1.01. The van der Waals surface area contributed by atoms with Crippen LogP contribution in [-0.2, 0) is 0 Å². The summed E-state index contributed by atoms with van der Waals surface area (Å²) < 4.78 is 0. The lowest BCUT2D eigenvalue weighted by Gasteiger charge is -1.84. The van der Waals surface area contributed by atoms with Gasteiger partial charge in [-0.1, -0.05) is 0 Å². The molecular weight excluding hydrogens is 126 g/mol. The molecule has 0 aliphatic carbocycles. The van der Waals surface area contributed by atoms with E-state index in [1.54, 1.807) is 24.7 Å². The maximum absolute atomic E-state index is 8.14. The van der Waals surface area contributed by atoms with Gasteiger partial charge >= 0.3 is 0 Å². The van der Waals surface area contributed by atoms with Gasteiger partial charge in [0.1, 0.15) is 0 Å². The van der Waals surface area contributed by atoms with Crippen molar-refractivity contribution in [1.82, 2.24) is 9.97 Å². The van der Waals surface area contributed by atoms with Gasteiger partial charge < -0.3 is 0 Å². The van der Waals surface area contributed by atoms with Crippen molar-refractivity contribution in [2.75, 3.05) is 0 Å². The maximum Gasteiger partial charge on any atom is 0.0912 e. The van der Waals surface area contributed by atoms with Gasteiger partial charge in [0.25, 0.3) is 0 Å². The lowest BCUT2D eigenvalue weighted by atomic mass is 10.4. The van der Waals surface area contributed by atoms with Gasteiger partial charge in [-0.3, -0.25) is 9.97 Å². The Morgan fingerprint density at radius 1 is 1.50 bits per heavy atom. The summed E-state index contributed by atoms with van der Waals surface area (Å²) in [5, 5.41) is 8.14. The second-order valence-corrected chi connectivity index (χ2v) is 1.59. The summed E-state index contributed by atoms with van der Waals surface area (Å²) in [6, 6.07) is 1.87. The second-order valence-electron chi connectivity index (χ2n) is 1.59. The quantitative estimate of drug-likeness (QED) is 0.534. The van der Waals surface area contributed by atoms with Crippen LogP contribution in [0.5, 0.6) is 0 Å². The minimum atomic E-state index is 0.698. The van der Waals surface area contributed by atoms with Crippen molar-refractivity contribution < 1.29 is 0 Å². The molecule has 1 aromatic rings. The van der Waals surface area contributed by atoms with E-state index in [2.05, 4.69) is 9.97 Å². The number of nitriles is 1. The molecule has 0 fully saturated rings. The molecule has 0 aliphatic rings. The first-order valence-electron chi connectivity index (χ1n) is 2.75. The lowest BCUT2D eigenvalue weighted by molar-refractivity contribution is 1.18. The van der Waals surface area contributed by atoms with E-state index in [4.69, 9.17) is 5.26 Å². The Kier molecular flexibility index (Phi) is 2.16. The van der Waals surface area contributed by atoms with Gasteiger partial charge in [-0.2, -0.15) is 5.26 Å². The van der Waals surface area contributed by atoms with Gasteiger partial charge in [0.15, 0.2) is 0 Å². The molecule has 0 unspecified atom stereocenters. The lowest BCUT2D eigenvalue weighted by Crippen LogP contribution is -1.78. The molecule has 0 N–H and O–H groups in total. The Hall–Kier alpha value is -1.69. The number of hydrogen-bond acceptors (Lipinski definition) is 3. The summed E-state index contributed by atoms with van der Waals surface area (Å²) in [4.78, 5) is 7.73. The summed E-state index contributed by atoms with van der Waals surface area (Å²) in [5.41, 5.74) is 0.698. The van der Waals surface area contributed by atoms with E-state index in [1.807, 2.05) is 6.07 Å². The standard InChI is InChI=1S/C7H5N3/c8-3-1-2-7-6-9-4-5-10-7/h1-2,4-6H. The molecule has 0 radical (unpaired) electrons. The van der Waals surface area contributed by atoms with Crippen LogP contribution in [0.1, 0.15) is 5.69 Å². The average Bonchev–Trinajstić information content (AvgIpc) is 2.03. The van der Waals surface area contributed by atoms with E-state index in [0.29, 0.717) is 5.69 Å². The van der Waals surface area contributed by atoms with E-state index < -0.39 is 0 Å². The monoisotopic (exact) mass is 131 g/mol. The zero-order chi connectivity index (χ0) is 7.23. The summed E-state index contributed by atoms with van der Waals surface area (Å²) in [5.74, 6) is 0. The number of hydrogen-bond donors (Lipinski definition) is 0. The van der Waals surface area contributed by atoms with Crippen LogP contribution in [0.3, 0.4) is 0 Å². The Morgan fingerprint density at radius 2 is 2.40 bits per heavy atom. The van der Waals surface area contributed by atoms with Crippen molar-refractivity contribution in [3.05, 3.63) is 30.4 Å². The summed E-state index contributed by atoms with van der Waals surface area (Å²) in [6.07, 6.45) is 7.73. The normalized spacial score (nSPS) is 9.50. The Bertz CT molecular complexity index is 258. The van der Waals surface area contributed by atoms with Crippen LogP contribution in [0, 0.1) is 11.3 Å². The van der Waals surface area contributed by atoms with E-state index in [1.165, 1.54) is 6.08 Å². The highest BCUT2D eigenvalue weighted by atomic mass is 14.7. The van der Waals surface area contributed by atoms with Gasteiger partial charge in [-0.25, -0.2) is 0 Å². The largest absolute Gasteiger partial charge is 0.261 e. The molecule has 0 atom stereocenters. The summed E-state index contributed by atoms with van der Waals surface area (Å²) in [6.45, 7) is 0. The Morgan fingerprint density at radius 3 is 3.00 bits per heavy atom. The van der Waals surface area contributed by atoms with Crippen molar-refractivity contribution in [1.29, 1.82) is 5.26 Å². The smallest absolute Gasteiger partial charge is 0.0912 e. The third-order valence-electron chi connectivity index (χ3n) is 0.912. The van der Waals surface area contributed by atoms with Crippen LogP contribution in [0.4, 0.5) is 0 Å². The highest BCUT2D eigenvalue weighted by Gasteiger charge is 1.81. The molecule has 48 valence electrons. The molecule has 0 spiro atoms. The molecule has 1 rings (SSSR count). The maximum atomic E-state index is 8.14. The predicted molar refractivity (Wildman–Crippen MR) is 36.7 cm³/mol. The molecule has 0 saturated heterocycles. The first kappa shape index (κ1) is 6.43. The molecular formula is C7H5N3. The van der Waals surface area contributed by atoms with Crippen LogP contribution in [-0.4, -0.2) is 9.97 Å². The average molecular weight is 131 g/mol. The fourth-order valence-electron chi connectivity index (χ4n) is 0.519. The third-order valence-corrected chi connectivity index (χ3v) is 0.912. The molecule has 3 nitrogen and oxygen atoms in total. The molecule has 1 aromatic heterocycles. The number of rotatable bonds is 1. The van der Waals surface area contributed by atoms with Gasteiger partial charge in [-0.15, -0.1) is 0 Å². The zero-order valence-corrected chi connectivity index (χ0v) is 5.23. The van der Waals surface area contributed by atoms with Crippen LogP contribution in [0.15, 0.2) is 24.7 Å². The molecule has 3 heteroatoms. The van der Waals surface area contributed by atoms with Gasteiger partial charge in [0.2, 0.25) is 0 Å². The van der Waals surface area contributed by atoms with E-state index >= 15 is 0 Å². The van der Waals surface area contributed by atoms with Crippen molar-refractivity contribution >= 4 is 6.08 Å². The van der Waals surface area contributed by atoms with Crippen LogP contribution in [0.2, 0.25) is 0 Å². The van der Waals surface area contributed by atoms with Gasteiger partial charge in [0.05, 0.1) is 18.0 Å². The zero-order valence-electron chi connectivity index (χ0n) is 5.23. The topological polar surface area (TPSA) is 49.6 Å². The van der Waals surface area contributed by atoms with Crippen LogP contribution in [0.25, 0.3) is 6.08 Å². The van der Waals surface area contributed by atoms with Crippen LogP contribution >= 0.6 is 0 Å².